The molecule has 2 N–H and O–H groups in total. The minimum atomic E-state index is -0.0735. The van der Waals surface area contributed by atoms with Gasteiger partial charge in [-0.3, -0.25) is 9.59 Å². The van der Waals surface area contributed by atoms with Gasteiger partial charge in [0.1, 0.15) is 0 Å². The van der Waals surface area contributed by atoms with Crippen molar-refractivity contribution in [3.05, 3.63) is 41.6 Å². The fourth-order valence-electron chi connectivity index (χ4n) is 3.56. The molecule has 1 unspecified atom stereocenters. The van der Waals surface area contributed by atoms with Crippen molar-refractivity contribution in [2.75, 3.05) is 12.4 Å². The Morgan fingerprint density at radius 1 is 1.11 bits per heavy atom. The summed E-state index contributed by atoms with van der Waals surface area (Å²) in [5.74, 6) is 0.461. The first-order valence-corrected chi connectivity index (χ1v) is 8.89. The van der Waals surface area contributed by atoms with Crippen molar-refractivity contribution in [1.29, 1.82) is 0 Å². The zero-order chi connectivity index (χ0) is 19.0. The molecule has 0 saturated heterocycles. The quantitative estimate of drug-likeness (QED) is 0.875. The molecule has 1 aromatic heterocycles. The number of ether oxygens (including phenoxy) is 1. The molecule has 2 aliphatic heterocycles. The summed E-state index contributed by atoms with van der Waals surface area (Å²) in [5, 5.41) is 7.29. The van der Waals surface area contributed by atoms with Gasteiger partial charge in [-0.25, -0.2) is 10.4 Å². The Bertz CT molecular complexity index is 968. The van der Waals surface area contributed by atoms with E-state index in [1.54, 1.807) is 13.3 Å². The smallest absolute Gasteiger partial charge is 0.240 e. The van der Waals surface area contributed by atoms with Gasteiger partial charge in [-0.15, -0.1) is 0 Å². The number of carbonyl (C=O) groups is 2. The minimum absolute atomic E-state index is 0.00756. The second-order valence-corrected chi connectivity index (χ2v) is 6.83. The largest absolute Gasteiger partial charge is 0.481 e. The number of aromatic nitrogens is 1. The first kappa shape index (κ1) is 17.2. The van der Waals surface area contributed by atoms with E-state index >= 15 is 0 Å². The lowest BCUT2D eigenvalue weighted by molar-refractivity contribution is -0.122. The Morgan fingerprint density at radius 2 is 1.96 bits per heavy atom. The van der Waals surface area contributed by atoms with E-state index in [-0.39, 0.29) is 17.7 Å². The Labute approximate surface area is 156 Å². The number of pyridine rings is 1. The number of benzene rings is 1. The Kier molecular flexibility index (Phi) is 4.35. The highest BCUT2D eigenvalue weighted by molar-refractivity contribution is 6.08. The molecule has 1 aromatic carbocycles. The number of anilines is 1. The lowest BCUT2D eigenvalue weighted by Crippen LogP contribution is -2.32. The average Bonchev–Trinajstić information content (AvgIpc) is 2.67. The summed E-state index contributed by atoms with van der Waals surface area (Å²) in [6.07, 6.45) is 3.20. The van der Waals surface area contributed by atoms with E-state index in [0.29, 0.717) is 25.1 Å². The number of carbonyl (C=O) groups excluding carboxylic acids is 2. The van der Waals surface area contributed by atoms with E-state index < -0.39 is 0 Å². The van der Waals surface area contributed by atoms with Crippen molar-refractivity contribution >= 4 is 23.2 Å². The highest BCUT2D eigenvalue weighted by atomic mass is 16.5. The van der Waals surface area contributed by atoms with Crippen molar-refractivity contribution in [2.45, 2.75) is 26.2 Å². The van der Waals surface area contributed by atoms with Crippen LogP contribution in [-0.4, -0.2) is 29.6 Å². The zero-order valence-corrected chi connectivity index (χ0v) is 15.2. The fraction of sp³-hybridized carbons (Fsp3) is 0.300. The molecule has 2 aliphatic rings. The average molecular weight is 364 g/mol. The number of methoxy groups -OCH3 is 1. The first-order chi connectivity index (χ1) is 13.0. The van der Waals surface area contributed by atoms with Gasteiger partial charge >= 0.3 is 0 Å². The maximum absolute atomic E-state index is 12.0. The highest BCUT2D eigenvalue weighted by Gasteiger charge is 2.26. The van der Waals surface area contributed by atoms with Crippen LogP contribution in [0, 0.1) is 5.92 Å². The summed E-state index contributed by atoms with van der Waals surface area (Å²) >= 11 is 0. The van der Waals surface area contributed by atoms with Crippen LogP contribution < -0.4 is 15.5 Å². The topological polar surface area (TPSA) is 92.7 Å². The molecule has 2 aromatic rings. The van der Waals surface area contributed by atoms with Crippen LogP contribution in [0.25, 0.3) is 11.1 Å². The van der Waals surface area contributed by atoms with Crippen LogP contribution in [0.1, 0.15) is 30.9 Å². The van der Waals surface area contributed by atoms with E-state index in [1.807, 2.05) is 25.1 Å². The number of aryl methyl sites for hydroxylation is 1. The normalized spacial score (nSPS) is 18.9. The summed E-state index contributed by atoms with van der Waals surface area (Å²) in [6.45, 7) is 1.99. The van der Waals surface area contributed by atoms with Gasteiger partial charge in [0.05, 0.1) is 18.5 Å². The van der Waals surface area contributed by atoms with Gasteiger partial charge in [0.2, 0.25) is 17.7 Å². The summed E-state index contributed by atoms with van der Waals surface area (Å²) in [5.41, 5.74) is 8.03. The molecule has 0 saturated carbocycles. The third-order valence-electron chi connectivity index (χ3n) is 4.92. The molecule has 27 heavy (non-hydrogen) atoms. The van der Waals surface area contributed by atoms with Crippen LogP contribution in [-0.2, 0) is 16.0 Å². The number of hydrogen-bond donors (Lipinski definition) is 2. The van der Waals surface area contributed by atoms with Crippen molar-refractivity contribution in [3.63, 3.8) is 0 Å². The van der Waals surface area contributed by atoms with Crippen LogP contribution in [0.2, 0.25) is 0 Å². The van der Waals surface area contributed by atoms with Gasteiger partial charge in [-0.1, -0.05) is 6.92 Å². The molecule has 0 aliphatic carbocycles. The van der Waals surface area contributed by atoms with Crippen LogP contribution in [0.15, 0.2) is 35.6 Å². The number of nitrogens with zero attached hydrogens (tertiary/aromatic N) is 2. The van der Waals surface area contributed by atoms with Crippen molar-refractivity contribution < 1.29 is 14.3 Å². The van der Waals surface area contributed by atoms with Crippen molar-refractivity contribution in [1.82, 2.24) is 10.4 Å². The maximum Gasteiger partial charge on any atom is 0.240 e. The van der Waals surface area contributed by atoms with E-state index in [9.17, 15) is 9.59 Å². The van der Waals surface area contributed by atoms with Gasteiger partial charge < -0.3 is 10.1 Å². The highest BCUT2D eigenvalue weighted by Crippen LogP contribution is 2.37. The Balaban J connectivity index is 1.88. The standard InChI is InChI=1S/C20H20N4O3/c1-11-7-17(26)23-24-19(11)14-8-13-3-4-16(25)22-20(13)15(9-14)12-5-6-21-18(10-12)27-2/h5-6,8-11H,3-4,7H2,1-2H3,(H,22,25)(H,23,26). The molecule has 138 valence electrons. The van der Waals surface area contributed by atoms with E-state index in [2.05, 4.69) is 26.9 Å². The van der Waals surface area contributed by atoms with Crippen molar-refractivity contribution in [3.8, 4) is 17.0 Å². The van der Waals surface area contributed by atoms with Crippen molar-refractivity contribution in [2.24, 2.45) is 11.0 Å². The Morgan fingerprint density at radius 3 is 2.74 bits per heavy atom. The van der Waals surface area contributed by atoms with Crippen LogP contribution in [0.5, 0.6) is 5.88 Å². The molecular weight excluding hydrogens is 344 g/mol. The third kappa shape index (κ3) is 3.28. The number of hydrogen-bond acceptors (Lipinski definition) is 5. The second-order valence-electron chi connectivity index (χ2n) is 6.83. The van der Waals surface area contributed by atoms with Crippen LogP contribution >= 0.6 is 0 Å². The molecule has 7 nitrogen and oxygen atoms in total. The molecule has 0 radical (unpaired) electrons. The van der Waals surface area contributed by atoms with E-state index in [4.69, 9.17) is 4.74 Å². The molecular formula is C20H20N4O3. The monoisotopic (exact) mass is 364 g/mol. The number of amides is 2. The molecule has 0 fully saturated rings. The van der Waals surface area contributed by atoms with E-state index in [0.717, 1.165) is 33.7 Å². The maximum atomic E-state index is 12.0. The lowest BCUT2D eigenvalue weighted by atomic mass is 9.87. The van der Waals surface area contributed by atoms with Crippen LogP contribution in [0.3, 0.4) is 0 Å². The SMILES string of the molecule is COc1cc(-c2cc(C3=NNC(=O)CC3C)cc3c2NC(=O)CC3)ccn1. The molecule has 4 rings (SSSR count). The number of nitrogens with one attached hydrogen (secondary N) is 2. The molecule has 2 amide bonds. The summed E-state index contributed by atoms with van der Waals surface area (Å²) in [6, 6.07) is 7.79. The molecule has 3 heterocycles. The van der Waals surface area contributed by atoms with Gasteiger partial charge in [0.25, 0.3) is 0 Å². The minimum Gasteiger partial charge on any atom is -0.481 e. The fourth-order valence-corrected chi connectivity index (χ4v) is 3.56. The predicted octanol–water partition coefficient (Wildman–Crippen LogP) is 2.50. The van der Waals surface area contributed by atoms with Gasteiger partial charge in [-0.2, -0.15) is 5.10 Å². The molecule has 1 atom stereocenters. The first-order valence-electron chi connectivity index (χ1n) is 8.89. The summed E-state index contributed by atoms with van der Waals surface area (Å²) in [4.78, 5) is 27.7. The number of rotatable bonds is 3. The molecule has 7 heteroatoms. The predicted molar refractivity (Wildman–Crippen MR) is 102 cm³/mol. The number of hydrazone groups is 1. The van der Waals surface area contributed by atoms with Crippen LogP contribution in [0.4, 0.5) is 5.69 Å². The number of fused-ring (bicyclic) bond motifs is 1. The summed E-state index contributed by atoms with van der Waals surface area (Å²) in [7, 11) is 1.57. The van der Waals surface area contributed by atoms with Gasteiger partial charge in [-0.05, 0) is 41.3 Å². The summed E-state index contributed by atoms with van der Waals surface area (Å²) < 4.78 is 5.25. The third-order valence-corrected chi connectivity index (χ3v) is 4.92. The molecule has 0 bridgehead atoms. The van der Waals surface area contributed by atoms with E-state index in [1.165, 1.54) is 0 Å². The second kappa shape index (κ2) is 6.83. The van der Waals surface area contributed by atoms with Gasteiger partial charge in [0, 0.05) is 36.6 Å². The lowest BCUT2D eigenvalue weighted by Gasteiger charge is -2.25. The zero-order valence-electron chi connectivity index (χ0n) is 15.2. The van der Waals surface area contributed by atoms with Gasteiger partial charge in [0.15, 0.2) is 0 Å². The Hall–Kier alpha value is -3.22. The molecule has 0 spiro atoms.